The maximum Gasteiger partial charge on any atom is 0.513 e. The lowest BCUT2D eigenvalue weighted by Gasteiger charge is -2.33. The van der Waals surface area contributed by atoms with Crippen LogP contribution in [0.25, 0.3) is 0 Å². The number of pyridine rings is 1. The number of anilines is 1. The van der Waals surface area contributed by atoms with E-state index < -0.39 is 35.0 Å². The molecule has 0 radical (unpaired) electrons. The van der Waals surface area contributed by atoms with Crippen molar-refractivity contribution in [2.75, 3.05) is 17.7 Å². The van der Waals surface area contributed by atoms with E-state index in [4.69, 9.17) is 14.2 Å². The number of carbonyl (C=O) groups excluding carboxylic acids is 1. The average molecular weight is 561 g/mol. The molecule has 0 saturated carbocycles. The Morgan fingerprint density at radius 3 is 2.46 bits per heavy atom. The van der Waals surface area contributed by atoms with Crippen LogP contribution in [0.4, 0.5) is 23.7 Å². The van der Waals surface area contributed by atoms with Crippen LogP contribution in [-0.4, -0.2) is 34.2 Å². The summed E-state index contributed by atoms with van der Waals surface area (Å²) < 4.78 is 72.6. The van der Waals surface area contributed by atoms with Crippen molar-refractivity contribution in [3.8, 4) is 5.88 Å². The molecule has 2 aromatic carbocycles. The fourth-order valence-electron chi connectivity index (χ4n) is 4.24. The van der Waals surface area contributed by atoms with E-state index in [1.165, 1.54) is 24.4 Å². The first-order valence-electron chi connectivity index (χ1n) is 12.2. The number of nitrogens with one attached hydrogen (secondary N) is 1. The molecule has 1 aromatic heterocycles. The minimum atomic E-state index is -4.72. The molecule has 2 heterocycles. The molecule has 2 unspecified atom stereocenters. The van der Waals surface area contributed by atoms with Crippen molar-refractivity contribution < 1.29 is 36.7 Å². The molecule has 7 nitrogen and oxygen atoms in total. The third-order valence-corrected chi connectivity index (χ3v) is 7.10. The summed E-state index contributed by atoms with van der Waals surface area (Å²) >= 11 is -1.63. The summed E-state index contributed by atoms with van der Waals surface area (Å²) in [6, 6.07) is 15.2. The van der Waals surface area contributed by atoms with Crippen LogP contribution in [0.2, 0.25) is 0 Å². The number of alkyl halides is 3. The fourth-order valence-corrected chi connectivity index (χ4v) is 5.35. The molecule has 4 rings (SSSR count). The number of aromatic nitrogens is 1. The van der Waals surface area contributed by atoms with E-state index in [0.29, 0.717) is 10.6 Å². The number of halogens is 3. The Labute approximate surface area is 227 Å². The number of hydrogen-bond acceptors (Lipinski definition) is 7. The molecule has 206 valence electrons. The summed E-state index contributed by atoms with van der Waals surface area (Å²) in [5.74, 6) is -1.56. The maximum atomic E-state index is 14.3. The number of benzene rings is 2. The summed E-state index contributed by atoms with van der Waals surface area (Å²) in [7, 11) is 0. The van der Waals surface area contributed by atoms with Crippen LogP contribution in [0, 0.1) is 0 Å². The predicted octanol–water partition coefficient (Wildman–Crippen LogP) is 6.64. The van der Waals surface area contributed by atoms with Gasteiger partial charge in [0.15, 0.2) is 10.6 Å². The van der Waals surface area contributed by atoms with E-state index in [1.807, 2.05) is 0 Å². The molecule has 0 aliphatic carbocycles. The van der Waals surface area contributed by atoms with Crippen molar-refractivity contribution in [3.63, 3.8) is 0 Å². The Balaban J connectivity index is 1.97. The molecule has 1 aliphatic rings. The Kier molecular flexibility index (Phi) is 8.71. The van der Waals surface area contributed by atoms with Gasteiger partial charge in [0.1, 0.15) is 11.5 Å². The first-order valence-corrected chi connectivity index (χ1v) is 13.5. The molecule has 0 fully saturated rings. The summed E-state index contributed by atoms with van der Waals surface area (Å²) in [6.45, 7) is 5.07. The van der Waals surface area contributed by atoms with Crippen molar-refractivity contribution in [1.82, 2.24) is 4.98 Å². The molecular formula is C28H27F3N2O5S. The second-order valence-corrected chi connectivity index (χ2v) is 10.3. The van der Waals surface area contributed by atoms with Gasteiger partial charge in [-0.3, -0.25) is 0 Å². The van der Waals surface area contributed by atoms with Gasteiger partial charge in [-0.15, -0.1) is 0 Å². The average Bonchev–Trinajstić information content (AvgIpc) is 2.89. The van der Waals surface area contributed by atoms with Crippen molar-refractivity contribution in [2.45, 2.75) is 43.9 Å². The Hall–Kier alpha value is -3.70. The predicted molar refractivity (Wildman–Crippen MR) is 140 cm³/mol. The summed E-state index contributed by atoms with van der Waals surface area (Å²) in [5.41, 5.74) is -0.302. The molecule has 39 heavy (non-hydrogen) atoms. The first-order chi connectivity index (χ1) is 18.6. The van der Waals surface area contributed by atoms with Crippen LogP contribution in [0.3, 0.4) is 0 Å². The lowest BCUT2D eigenvalue weighted by molar-refractivity contribution is -0.138. The standard InChI is InChI=1S/C28H27F3N2O5S/c1-4-36-27(34)38-25-22(16-39(35)18-10-6-5-7-11-18)33-21-14-15-32-26(37-17(2)3)24(21)23(25)19-12-8-9-13-20(19)28(29,30)31/h5-15,17,23,33H,4,16H2,1-3H3. The third-order valence-electron chi connectivity index (χ3n) is 5.75. The zero-order valence-electron chi connectivity index (χ0n) is 21.5. The molecule has 1 N–H and O–H groups in total. The first kappa shape index (κ1) is 28.3. The third kappa shape index (κ3) is 6.48. The highest BCUT2D eigenvalue weighted by atomic mass is 32.2. The number of allylic oxidation sites excluding steroid dienone is 1. The molecular weight excluding hydrogens is 533 g/mol. The van der Waals surface area contributed by atoms with Gasteiger partial charge >= 0.3 is 12.3 Å². The van der Waals surface area contributed by atoms with Gasteiger partial charge in [0, 0.05) is 11.9 Å². The molecule has 0 spiro atoms. The van der Waals surface area contributed by atoms with E-state index in [0.717, 1.165) is 6.07 Å². The van der Waals surface area contributed by atoms with Crippen LogP contribution in [0.5, 0.6) is 5.88 Å². The van der Waals surface area contributed by atoms with Gasteiger partial charge in [-0.05, 0) is 61.8 Å². The van der Waals surface area contributed by atoms with Crippen LogP contribution in [-0.2, 0) is 26.8 Å². The second-order valence-electron chi connectivity index (χ2n) is 8.82. The summed E-state index contributed by atoms with van der Waals surface area (Å²) in [6.07, 6.45) is -4.72. The zero-order chi connectivity index (χ0) is 28.2. The molecule has 2 atom stereocenters. The van der Waals surface area contributed by atoms with Crippen molar-refractivity contribution in [1.29, 1.82) is 0 Å². The second kappa shape index (κ2) is 12.0. The van der Waals surface area contributed by atoms with Crippen molar-refractivity contribution in [2.24, 2.45) is 0 Å². The SMILES string of the molecule is CCOC(=O)OC1=C(C[S+]([O-])c2ccccc2)Nc2ccnc(OC(C)C)c2C1c1ccccc1C(F)(F)F. The number of fused-ring (bicyclic) bond motifs is 1. The molecule has 1 aliphatic heterocycles. The van der Waals surface area contributed by atoms with Gasteiger partial charge in [0.25, 0.3) is 0 Å². The summed E-state index contributed by atoms with van der Waals surface area (Å²) in [5, 5.41) is 3.12. The van der Waals surface area contributed by atoms with Crippen LogP contribution < -0.4 is 10.1 Å². The molecule has 3 aromatic rings. The number of nitrogens with zero attached hydrogens (tertiary/aromatic N) is 1. The van der Waals surface area contributed by atoms with Gasteiger partial charge in [0.2, 0.25) is 5.88 Å². The Morgan fingerprint density at radius 2 is 1.79 bits per heavy atom. The zero-order valence-corrected chi connectivity index (χ0v) is 22.3. The molecule has 0 bridgehead atoms. The maximum absolute atomic E-state index is 14.3. The van der Waals surface area contributed by atoms with Crippen LogP contribution in [0.1, 0.15) is 43.4 Å². The highest BCUT2D eigenvalue weighted by Gasteiger charge is 2.43. The van der Waals surface area contributed by atoms with E-state index >= 15 is 0 Å². The van der Waals surface area contributed by atoms with Crippen molar-refractivity contribution in [3.05, 3.63) is 95.0 Å². The minimum Gasteiger partial charge on any atom is -0.611 e. The van der Waals surface area contributed by atoms with E-state index in [2.05, 4.69) is 10.3 Å². The molecule has 11 heteroatoms. The topological polar surface area (TPSA) is 92.7 Å². The minimum absolute atomic E-state index is 0.0194. The van der Waals surface area contributed by atoms with Gasteiger partial charge in [-0.2, -0.15) is 13.2 Å². The number of carbonyl (C=O) groups is 1. The highest BCUT2D eigenvalue weighted by molar-refractivity contribution is 7.91. The van der Waals surface area contributed by atoms with Crippen molar-refractivity contribution >= 4 is 23.0 Å². The number of hydrogen-bond donors (Lipinski definition) is 1. The quantitative estimate of drug-likeness (QED) is 0.244. The summed E-state index contributed by atoms with van der Waals surface area (Å²) in [4.78, 5) is 17.4. The Morgan fingerprint density at radius 1 is 1.10 bits per heavy atom. The monoisotopic (exact) mass is 560 g/mol. The lowest BCUT2D eigenvalue weighted by atomic mass is 9.83. The number of ether oxygens (including phenoxy) is 3. The number of rotatable bonds is 8. The van der Waals surface area contributed by atoms with E-state index in [9.17, 15) is 22.5 Å². The lowest BCUT2D eigenvalue weighted by Crippen LogP contribution is -2.29. The van der Waals surface area contributed by atoms with Gasteiger partial charge in [0.05, 0.1) is 29.8 Å². The van der Waals surface area contributed by atoms with Gasteiger partial charge in [-0.25, -0.2) is 9.78 Å². The fraction of sp³-hybridized carbons (Fsp3) is 0.286. The largest absolute Gasteiger partial charge is 0.611 e. The highest BCUT2D eigenvalue weighted by Crippen LogP contribution is 2.49. The smallest absolute Gasteiger partial charge is 0.513 e. The van der Waals surface area contributed by atoms with Gasteiger partial charge < -0.3 is 24.1 Å². The van der Waals surface area contributed by atoms with Crippen LogP contribution >= 0.6 is 0 Å². The Bertz CT molecular complexity index is 1350. The van der Waals surface area contributed by atoms with E-state index in [1.54, 1.807) is 57.2 Å². The van der Waals surface area contributed by atoms with Crippen LogP contribution in [0.15, 0.2) is 83.2 Å². The molecule has 0 saturated heterocycles. The molecule has 0 amide bonds. The normalized spacial score (nSPS) is 15.8. The van der Waals surface area contributed by atoms with Gasteiger partial charge in [-0.1, -0.05) is 36.4 Å². The van der Waals surface area contributed by atoms with E-state index in [-0.39, 0.29) is 46.9 Å².